The second-order valence-electron chi connectivity index (χ2n) is 8.08. The number of amides is 1. The molecule has 1 amide bonds. The van der Waals surface area contributed by atoms with Crippen molar-refractivity contribution in [2.24, 2.45) is 0 Å². The summed E-state index contributed by atoms with van der Waals surface area (Å²) >= 11 is 0. The van der Waals surface area contributed by atoms with Crippen molar-refractivity contribution in [2.45, 2.75) is 25.5 Å². The number of hydrogen-bond donors (Lipinski definition) is 0. The summed E-state index contributed by atoms with van der Waals surface area (Å²) in [6.45, 7) is 4.39. The third-order valence-corrected chi connectivity index (χ3v) is 6.02. The Bertz CT molecular complexity index is 1370. The monoisotopic (exact) mass is 460 g/mol. The molecule has 0 aliphatic carbocycles. The SMILES string of the molecule is C=CC(=O)N1CCC[C@H]1c1nc(-c2ccc(COc3cccc(F)c3F)cc2)c2cnccn12. The molecule has 8 heteroatoms. The molecule has 0 radical (unpaired) electrons. The van der Waals surface area contributed by atoms with Gasteiger partial charge in [-0.05, 0) is 36.6 Å². The number of nitrogens with zero attached hydrogens (tertiary/aromatic N) is 4. The number of fused-ring (bicyclic) bond motifs is 1. The van der Waals surface area contributed by atoms with Gasteiger partial charge in [0.1, 0.15) is 12.4 Å². The van der Waals surface area contributed by atoms with E-state index in [0.29, 0.717) is 6.54 Å². The highest BCUT2D eigenvalue weighted by Crippen LogP contribution is 2.35. The summed E-state index contributed by atoms with van der Waals surface area (Å²) in [6.07, 6.45) is 8.37. The van der Waals surface area contributed by atoms with Crippen LogP contribution in [0.3, 0.4) is 0 Å². The predicted octanol–water partition coefficient (Wildman–Crippen LogP) is 5.10. The fourth-order valence-corrected chi connectivity index (χ4v) is 4.34. The maximum absolute atomic E-state index is 13.8. The van der Waals surface area contributed by atoms with Crippen LogP contribution in [0.4, 0.5) is 8.78 Å². The summed E-state index contributed by atoms with van der Waals surface area (Å²) < 4.78 is 34.6. The van der Waals surface area contributed by atoms with Crippen molar-refractivity contribution < 1.29 is 18.3 Å². The van der Waals surface area contributed by atoms with Crippen LogP contribution >= 0.6 is 0 Å². The number of benzene rings is 2. The minimum absolute atomic E-state index is 0.0953. The third kappa shape index (κ3) is 3.91. The zero-order valence-corrected chi connectivity index (χ0v) is 18.3. The topological polar surface area (TPSA) is 59.7 Å². The lowest BCUT2D eigenvalue weighted by atomic mass is 10.1. The van der Waals surface area contributed by atoms with Crippen molar-refractivity contribution in [1.29, 1.82) is 0 Å². The molecule has 172 valence electrons. The molecule has 1 aliphatic rings. The van der Waals surface area contributed by atoms with E-state index in [1.54, 1.807) is 17.3 Å². The van der Waals surface area contributed by atoms with Crippen molar-refractivity contribution in [3.63, 3.8) is 0 Å². The minimum Gasteiger partial charge on any atom is -0.486 e. The van der Waals surface area contributed by atoms with Gasteiger partial charge >= 0.3 is 0 Å². The average Bonchev–Trinajstić information content (AvgIpc) is 3.50. The van der Waals surface area contributed by atoms with Gasteiger partial charge in [0.05, 0.1) is 23.4 Å². The zero-order chi connectivity index (χ0) is 23.7. The molecular formula is C26H22F2N4O2. The van der Waals surface area contributed by atoms with Crippen molar-refractivity contribution >= 4 is 11.4 Å². The Morgan fingerprint density at radius 2 is 2.03 bits per heavy atom. The number of ether oxygens (including phenoxy) is 1. The smallest absolute Gasteiger partial charge is 0.246 e. The van der Waals surface area contributed by atoms with Crippen LogP contribution in [-0.2, 0) is 11.4 Å². The van der Waals surface area contributed by atoms with Gasteiger partial charge in [-0.2, -0.15) is 4.39 Å². The second-order valence-corrected chi connectivity index (χ2v) is 8.08. The highest BCUT2D eigenvalue weighted by Gasteiger charge is 2.32. The molecule has 2 aromatic heterocycles. The largest absolute Gasteiger partial charge is 0.486 e. The quantitative estimate of drug-likeness (QED) is 0.376. The molecule has 6 nitrogen and oxygen atoms in total. The molecule has 0 spiro atoms. The summed E-state index contributed by atoms with van der Waals surface area (Å²) in [7, 11) is 0. The fourth-order valence-electron chi connectivity index (χ4n) is 4.34. The van der Waals surface area contributed by atoms with Crippen molar-refractivity contribution in [3.8, 4) is 17.0 Å². The lowest BCUT2D eigenvalue weighted by molar-refractivity contribution is -0.127. The first kappa shape index (κ1) is 21.8. The standard InChI is InChI=1S/C26H22F2N4O2/c1-2-23(33)31-13-4-6-20(31)26-30-25(21-15-29-12-14-32(21)26)18-10-8-17(9-11-18)16-34-22-7-3-5-19(27)24(22)28/h2-3,5,7-12,14-15,20H,1,4,6,13,16H2/t20-/m0/s1. The summed E-state index contributed by atoms with van der Waals surface area (Å²) in [5, 5.41) is 0. The van der Waals surface area contributed by atoms with Crippen LogP contribution in [0.15, 0.2) is 73.7 Å². The Morgan fingerprint density at radius 3 is 2.82 bits per heavy atom. The molecule has 1 atom stereocenters. The van der Waals surface area contributed by atoms with Crippen LogP contribution in [0, 0.1) is 11.6 Å². The Labute approximate surface area is 195 Å². The number of rotatable bonds is 6. The van der Waals surface area contributed by atoms with E-state index in [2.05, 4.69) is 11.6 Å². The number of halogens is 2. The first-order valence-electron chi connectivity index (χ1n) is 11.0. The van der Waals surface area contributed by atoms with Gasteiger partial charge in [-0.25, -0.2) is 9.37 Å². The van der Waals surface area contributed by atoms with E-state index < -0.39 is 11.6 Å². The van der Waals surface area contributed by atoms with Gasteiger partial charge in [0.2, 0.25) is 11.7 Å². The lowest BCUT2D eigenvalue weighted by Crippen LogP contribution is -2.29. The van der Waals surface area contributed by atoms with E-state index >= 15 is 0 Å². The summed E-state index contributed by atoms with van der Waals surface area (Å²) in [5.41, 5.74) is 3.26. The van der Waals surface area contributed by atoms with E-state index in [-0.39, 0.29) is 24.3 Å². The average molecular weight is 460 g/mol. The Morgan fingerprint density at radius 1 is 1.21 bits per heavy atom. The predicted molar refractivity (Wildman–Crippen MR) is 123 cm³/mol. The van der Waals surface area contributed by atoms with E-state index in [1.165, 1.54) is 18.2 Å². The van der Waals surface area contributed by atoms with E-state index in [1.807, 2.05) is 34.9 Å². The fraction of sp³-hybridized carbons (Fsp3) is 0.192. The van der Waals surface area contributed by atoms with Crippen molar-refractivity contribution in [3.05, 3.63) is 96.7 Å². The first-order valence-corrected chi connectivity index (χ1v) is 11.0. The lowest BCUT2D eigenvalue weighted by Gasteiger charge is -2.22. The molecule has 2 aromatic carbocycles. The molecular weight excluding hydrogens is 438 g/mol. The van der Waals surface area contributed by atoms with Crippen LogP contribution < -0.4 is 4.74 Å². The molecule has 0 N–H and O–H groups in total. The van der Waals surface area contributed by atoms with E-state index in [9.17, 15) is 13.6 Å². The number of hydrogen-bond acceptors (Lipinski definition) is 4. The third-order valence-electron chi connectivity index (χ3n) is 6.02. The molecule has 5 rings (SSSR count). The summed E-state index contributed by atoms with van der Waals surface area (Å²) in [4.78, 5) is 23.3. The minimum atomic E-state index is -1.00. The van der Waals surface area contributed by atoms with Gasteiger partial charge in [0.15, 0.2) is 11.6 Å². The number of carbonyl (C=O) groups excluding carboxylic acids is 1. The van der Waals surface area contributed by atoms with Gasteiger partial charge in [0, 0.05) is 24.5 Å². The Kier molecular flexibility index (Phi) is 5.79. The van der Waals surface area contributed by atoms with E-state index in [0.717, 1.165) is 47.1 Å². The highest BCUT2D eigenvalue weighted by molar-refractivity contribution is 5.87. The second kappa shape index (κ2) is 9.05. The first-order chi connectivity index (χ1) is 16.6. The maximum Gasteiger partial charge on any atom is 0.246 e. The summed E-state index contributed by atoms with van der Waals surface area (Å²) in [5.74, 6) is -1.39. The van der Waals surface area contributed by atoms with Gasteiger partial charge < -0.3 is 9.64 Å². The van der Waals surface area contributed by atoms with Crippen molar-refractivity contribution in [2.75, 3.05) is 6.54 Å². The van der Waals surface area contributed by atoms with Crippen LogP contribution in [-0.4, -0.2) is 31.7 Å². The molecule has 3 heterocycles. The summed E-state index contributed by atoms with van der Waals surface area (Å²) in [6, 6.07) is 11.2. The molecule has 0 bridgehead atoms. The number of carbonyl (C=O) groups is 1. The van der Waals surface area contributed by atoms with Crippen LogP contribution in [0.25, 0.3) is 16.8 Å². The van der Waals surface area contributed by atoms with Crippen LogP contribution in [0.5, 0.6) is 5.75 Å². The number of aromatic nitrogens is 3. The molecule has 4 aromatic rings. The molecule has 0 unspecified atom stereocenters. The molecule has 1 saturated heterocycles. The number of imidazole rings is 1. The normalized spacial score (nSPS) is 15.6. The Hall–Kier alpha value is -4.07. The molecule has 34 heavy (non-hydrogen) atoms. The van der Waals surface area contributed by atoms with E-state index in [4.69, 9.17) is 9.72 Å². The zero-order valence-electron chi connectivity index (χ0n) is 18.3. The van der Waals surface area contributed by atoms with Crippen LogP contribution in [0.2, 0.25) is 0 Å². The van der Waals surface area contributed by atoms with Gasteiger partial charge in [0.25, 0.3) is 0 Å². The van der Waals surface area contributed by atoms with Gasteiger partial charge in [-0.3, -0.25) is 14.2 Å². The molecule has 1 fully saturated rings. The van der Waals surface area contributed by atoms with Gasteiger partial charge in [-0.1, -0.05) is 36.9 Å². The van der Waals surface area contributed by atoms with Gasteiger partial charge in [-0.15, -0.1) is 0 Å². The molecule has 0 saturated carbocycles. The number of likely N-dealkylation sites (tertiary alicyclic amines) is 1. The maximum atomic E-state index is 13.8. The highest BCUT2D eigenvalue weighted by atomic mass is 19.2. The van der Waals surface area contributed by atoms with Crippen molar-refractivity contribution in [1.82, 2.24) is 19.3 Å². The Balaban J connectivity index is 1.43. The molecule has 1 aliphatic heterocycles. The van der Waals surface area contributed by atoms with Crippen LogP contribution in [0.1, 0.15) is 30.3 Å².